The van der Waals surface area contributed by atoms with Gasteiger partial charge >= 0.3 is 0 Å². The number of hydrogen-bond acceptors (Lipinski definition) is 2. The van der Waals surface area contributed by atoms with Crippen molar-refractivity contribution in [2.24, 2.45) is 7.05 Å². The van der Waals surface area contributed by atoms with Crippen LogP contribution in [0.25, 0.3) is 0 Å². The molecule has 100 valence electrons. The summed E-state index contributed by atoms with van der Waals surface area (Å²) in [6.45, 7) is 4.07. The van der Waals surface area contributed by atoms with Crippen molar-refractivity contribution < 1.29 is 0 Å². The molecule has 0 saturated carbocycles. The van der Waals surface area contributed by atoms with Crippen LogP contribution in [0.5, 0.6) is 0 Å². The largest absolute Gasteiger partial charge is 0.356 e. The summed E-state index contributed by atoms with van der Waals surface area (Å²) in [7, 11) is 1.92. The fourth-order valence-electron chi connectivity index (χ4n) is 2.01. The van der Waals surface area contributed by atoms with Gasteiger partial charge in [-0.05, 0) is 38.2 Å². The molecule has 0 aliphatic carbocycles. The van der Waals surface area contributed by atoms with Crippen LogP contribution < -0.4 is 10.6 Å². The molecule has 5 heteroatoms. The molecule has 0 fully saturated rings. The van der Waals surface area contributed by atoms with E-state index >= 15 is 0 Å². The molecule has 0 aliphatic rings. The molecule has 1 unspecified atom stereocenters. The number of rotatable bonds is 3. The molecular weight excluding hydrogens is 256 g/mol. The molecule has 1 atom stereocenters. The molecule has 4 nitrogen and oxygen atoms in total. The van der Waals surface area contributed by atoms with Crippen molar-refractivity contribution in [3.8, 4) is 0 Å². The minimum atomic E-state index is 0.123. The summed E-state index contributed by atoms with van der Waals surface area (Å²) in [6, 6.07) is 10.0. The molecule has 0 spiro atoms. The summed E-state index contributed by atoms with van der Waals surface area (Å²) in [6.07, 6.45) is 2.01. The van der Waals surface area contributed by atoms with E-state index in [0.717, 1.165) is 16.9 Å². The van der Waals surface area contributed by atoms with Gasteiger partial charge in [0.25, 0.3) is 0 Å². The Labute approximate surface area is 118 Å². The number of anilines is 1. The Balaban J connectivity index is 1.97. The molecule has 1 aromatic carbocycles. The molecule has 2 aromatic rings. The zero-order chi connectivity index (χ0) is 13.8. The second-order valence-electron chi connectivity index (χ2n) is 4.53. The predicted octanol–water partition coefficient (Wildman–Crippen LogP) is 2.78. The lowest BCUT2D eigenvalue weighted by Crippen LogP contribution is -2.31. The Morgan fingerprint density at radius 2 is 2.00 bits per heavy atom. The zero-order valence-electron chi connectivity index (χ0n) is 11.3. The average molecular weight is 274 g/mol. The van der Waals surface area contributed by atoms with Crippen molar-refractivity contribution in [2.45, 2.75) is 19.9 Å². The van der Waals surface area contributed by atoms with Gasteiger partial charge in [-0.1, -0.05) is 18.2 Å². The van der Waals surface area contributed by atoms with Gasteiger partial charge in [0.2, 0.25) is 0 Å². The van der Waals surface area contributed by atoms with Gasteiger partial charge in [0, 0.05) is 24.5 Å². The smallest absolute Gasteiger partial charge is 0.171 e. The third-order valence-electron chi connectivity index (χ3n) is 2.90. The standard InChI is InChI=1S/C14H18N4S/c1-10(13-9-18(3)17-11(13)2)15-14(19)16-12-7-5-4-6-8-12/h4-10H,1-3H3,(H2,15,16,19). The molecule has 2 N–H and O–H groups in total. The molecule has 19 heavy (non-hydrogen) atoms. The summed E-state index contributed by atoms with van der Waals surface area (Å²) >= 11 is 5.31. The predicted molar refractivity (Wildman–Crippen MR) is 82.2 cm³/mol. The zero-order valence-corrected chi connectivity index (χ0v) is 12.2. The Morgan fingerprint density at radius 3 is 2.58 bits per heavy atom. The third-order valence-corrected chi connectivity index (χ3v) is 3.12. The summed E-state index contributed by atoms with van der Waals surface area (Å²) in [5.41, 5.74) is 3.15. The van der Waals surface area contributed by atoms with E-state index < -0.39 is 0 Å². The van der Waals surface area contributed by atoms with Gasteiger partial charge in [-0.15, -0.1) is 0 Å². The molecular formula is C14H18N4S. The summed E-state index contributed by atoms with van der Waals surface area (Å²) < 4.78 is 1.82. The summed E-state index contributed by atoms with van der Waals surface area (Å²) in [5.74, 6) is 0. The first-order chi connectivity index (χ1) is 9.06. The maximum absolute atomic E-state index is 5.31. The first-order valence-electron chi connectivity index (χ1n) is 6.19. The van der Waals surface area contributed by atoms with Gasteiger partial charge in [-0.2, -0.15) is 5.10 Å². The van der Waals surface area contributed by atoms with Crippen LogP contribution in [0.2, 0.25) is 0 Å². The van der Waals surface area contributed by atoms with Crippen LogP contribution in [-0.2, 0) is 7.05 Å². The van der Waals surface area contributed by atoms with Gasteiger partial charge in [0.15, 0.2) is 5.11 Å². The molecule has 1 aromatic heterocycles. The van der Waals surface area contributed by atoms with E-state index in [0.29, 0.717) is 5.11 Å². The van der Waals surface area contributed by atoms with Crippen LogP contribution in [0.3, 0.4) is 0 Å². The normalized spacial score (nSPS) is 11.9. The monoisotopic (exact) mass is 274 g/mol. The second-order valence-corrected chi connectivity index (χ2v) is 4.94. The van der Waals surface area contributed by atoms with E-state index in [2.05, 4.69) is 22.7 Å². The molecule has 0 bridgehead atoms. The maximum Gasteiger partial charge on any atom is 0.171 e. The van der Waals surface area contributed by atoms with E-state index in [4.69, 9.17) is 12.2 Å². The summed E-state index contributed by atoms with van der Waals surface area (Å²) in [4.78, 5) is 0. The fourth-order valence-corrected chi connectivity index (χ4v) is 2.30. The van der Waals surface area contributed by atoms with Gasteiger partial charge in [-0.3, -0.25) is 4.68 Å². The van der Waals surface area contributed by atoms with Crippen molar-refractivity contribution in [3.05, 3.63) is 47.8 Å². The molecule has 2 rings (SSSR count). The fraction of sp³-hybridized carbons (Fsp3) is 0.286. The number of nitrogens with one attached hydrogen (secondary N) is 2. The van der Waals surface area contributed by atoms with Gasteiger partial charge in [0.05, 0.1) is 11.7 Å². The van der Waals surface area contributed by atoms with E-state index in [1.165, 1.54) is 0 Å². The van der Waals surface area contributed by atoms with E-state index in [9.17, 15) is 0 Å². The topological polar surface area (TPSA) is 41.9 Å². The van der Waals surface area contributed by atoms with E-state index in [1.807, 2.05) is 55.2 Å². The van der Waals surface area contributed by atoms with Crippen LogP contribution in [-0.4, -0.2) is 14.9 Å². The number of aromatic nitrogens is 2. The van der Waals surface area contributed by atoms with Crippen LogP contribution >= 0.6 is 12.2 Å². The second kappa shape index (κ2) is 5.84. The lowest BCUT2D eigenvalue weighted by atomic mass is 10.1. The summed E-state index contributed by atoms with van der Waals surface area (Å²) in [5, 5.41) is 11.4. The van der Waals surface area contributed by atoms with Crippen LogP contribution in [0.15, 0.2) is 36.5 Å². The van der Waals surface area contributed by atoms with Crippen molar-refractivity contribution in [3.63, 3.8) is 0 Å². The van der Waals surface area contributed by atoms with E-state index in [1.54, 1.807) is 0 Å². The highest BCUT2D eigenvalue weighted by atomic mass is 32.1. The van der Waals surface area contributed by atoms with Gasteiger partial charge < -0.3 is 10.6 Å². The molecule has 0 aliphatic heterocycles. The van der Waals surface area contributed by atoms with Crippen molar-refractivity contribution in [2.75, 3.05) is 5.32 Å². The van der Waals surface area contributed by atoms with Crippen molar-refractivity contribution in [1.29, 1.82) is 0 Å². The highest BCUT2D eigenvalue weighted by Crippen LogP contribution is 2.15. The Bertz CT molecular complexity index is 562. The van der Waals surface area contributed by atoms with Crippen molar-refractivity contribution >= 4 is 23.0 Å². The lowest BCUT2D eigenvalue weighted by Gasteiger charge is -2.16. The van der Waals surface area contributed by atoms with Gasteiger partial charge in [0.1, 0.15) is 0 Å². The van der Waals surface area contributed by atoms with Crippen molar-refractivity contribution in [1.82, 2.24) is 15.1 Å². The molecule has 0 radical (unpaired) electrons. The van der Waals surface area contributed by atoms with Crippen LogP contribution in [0.4, 0.5) is 5.69 Å². The molecule has 0 saturated heterocycles. The molecule has 1 heterocycles. The number of benzene rings is 1. The Kier molecular flexibility index (Phi) is 4.16. The number of para-hydroxylation sites is 1. The first kappa shape index (κ1) is 13.5. The maximum atomic E-state index is 5.31. The third kappa shape index (κ3) is 3.54. The van der Waals surface area contributed by atoms with Gasteiger partial charge in [-0.25, -0.2) is 0 Å². The van der Waals surface area contributed by atoms with E-state index in [-0.39, 0.29) is 6.04 Å². The first-order valence-corrected chi connectivity index (χ1v) is 6.60. The minimum Gasteiger partial charge on any atom is -0.356 e. The number of nitrogens with zero attached hydrogens (tertiary/aromatic N) is 2. The molecule has 0 amide bonds. The highest BCUT2D eigenvalue weighted by Gasteiger charge is 2.12. The minimum absolute atomic E-state index is 0.123. The van der Waals surface area contributed by atoms with Crippen LogP contribution in [0, 0.1) is 6.92 Å². The number of thiocarbonyl (C=S) groups is 1. The Hall–Kier alpha value is -1.88. The highest BCUT2D eigenvalue weighted by molar-refractivity contribution is 7.80. The Morgan fingerprint density at radius 1 is 1.32 bits per heavy atom. The van der Waals surface area contributed by atoms with Crippen LogP contribution in [0.1, 0.15) is 24.2 Å². The number of hydrogen-bond donors (Lipinski definition) is 2. The SMILES string of the molecule is Cc1nn(C)cc1C(C)NC(=S)Nc1ccccc1. The average Bonchev–Trinajstić information content (AvgIpc) is 2.69. The number of aryl methyl sites for hydroxylation is 2. The lowest BCUT2D eigenvalue weighted by molar-refractivity contribution is 0.715. The quantitative estimate of drug-likeness (QED) is 0.845.